The molecule has 11 nitrogen and oxygen atoms in total. The van der Waals surface area contributed by atoms with E-state index >= 15 is 0 Å². The van der Waals surface area contributed by atoms with Gasteiger partial charge >= 0.3 is 6.03 Å². The molecule has 2 atom stereocenters. The van der Waals surface area contributed by atoms with Crippen LogP contribution in [-0.4, -0.2) is 91.9 Å². The van der Waals surface area contributed by atoms with Crippen molar-refractivity contribution in [2.24, 2.45) is 5.92 Å². The Balaban J connectivity index is 1.10. The molecule has 6 rings (SSSR count). The molecule has 3 saturated heterocycles. The number of pyridine rings is 1. The Morgan fingerprint density at radius 2 is 1.92 bits per heavy atom. The first-order valence-corrected chi connectivity index (χ1v) is 12.5. The topological polar surface area (TPSA) is 112 Å². The second-order valence-corrected chi connectivity index (χ2v) is 9.90. The van der Waals surface area contributed by atoms with Crippen LogP contribution in [-0.2, 0) is 4.79 Å². The van der Waals surface area contributed by atoms with Gasteiger partial charge in [0.2, 0.25) is 5.91 Å². The fourth-order valence-electron chi connectivity index (χ4n) is 5.85. The number of carbonyl (C=O) groups excluding carboxylic acids is 2. The molecule has 3 aromatic rings. The highest BCUT2D eigenvalue weighted by molar-refractivity contribution is 5.88. The summed E-state index contributed by atoms with van der Waals surface area (Å²) >= 11 is 0. The summed E-state index contributed by atoms with van der Waals surface area (Å²) in [4.78, 5) is 30.7. The van der Waals surface area contributed by atoms with Crippen molar-refractivity contribution in [2.75, 3.05) is 39.8 Å². The maximum Gasteiger partial charge on any atom is 0.320 e. The first-order chi connectivity index (χ1) is 18.0. The summed E-state index contributed by atoms with van der Waals surface area (Å²) in [5, 5.41) is 18.2. The lowest BCUT2D eigenvalue weighted by Crippen LogP contribution is -2.57. The van der Waals surface area contributed by atoms with Gasteiger partial charge in [0.25, 0.3) is 0 Å². The fraction of sp³-hybridized carbons (Fsp3) is 0.423. The number of urea groups is 1. The number of fused-ring (bicyclic) bond motifs is 2. The number of hydrogen-bond donors (Lipinski definition) is 0. The van der Waals surface area contributed by atoms with Crippen molar-refractivity contribution in [1.29, 1.82) is 5.26 Å². The number of nitriles is 1. The van der Waals surface area contributed by atoms with Crippen LogP contribution in [0.4, 0.5) is 4.79 Å². The van der Waals surface area contributed by atoms with Crippen LogP contribution in [0.2, 0.25) is 0 Å². The summed E-state index contributed by atoms with van der Waals surface area (Å²) in [7, 11) is 1.58. The zero-order valence-electron chi connectivity index (χ0n) is 20.7. The molecule has 0 radical (unpaired) electrons. The molecule has 0 aromatic carbocycles. The smallest absolute Gasteiger partial charge is 0.320 e. The second-order valence-electron chi connectivity index (χ2n) is 9.90. The standard InChI is InChI=1S/C26H28N8O3/c1-3-24(35)32-13-20-12-31(16-22(20)32)26(36)30-6-4-21(5-7-30)33-15-19(11-28-33)17-8-23(37-2)25-18(9-27)10-29-34(25)14-17/h3,8,10-11,14-15,20-22H,1,4-7,12-13,16H2,2H3/t20-,22-/m1/s1. The predicted molar refractivity (Wildman–Crippen MR) is 134 cm³/mol. The molecule has 6 heterocycles. The van der Waals surface area contributed by atoms with Gasteiger partial charge in [-0.25, -0.2) is 9.31 Å². The van der Waals surface area contributed by atoms with E-state index < -0.39 is 0 Å². The summed E-state index contributed by atoms with van der Waals surface area (Å²) in [6, 6.07) is 4.44. The number of methoxy groups -OCH3 is 1. The maximum atomic E-state index is 13.2. The quantitative estimate of drug-likeness (QED) is 0.508. The Bertz CT molecular complexity index is 1430. The van der Waals surface area contributed by atoms with Crippen LogP contribution < -0.4 is 4.74 Å². The number of aromatic nitrogens is 4. The number of carbonyl (C=O) groups is 2. The first kappa shape index (κ1) is 23.1. The van der Waals surface area contributed by atoms with E-state index in [9.17, 15) is 14.9 Å². The van der Waals surface area contributed by atoms with Gasteiger partial charge in [0.1, 0.15) is 22.9 Å². The van der Waals surface area contributed by atoms with Gasteiger partial charge < -0.3 is 19.4 Å². The predicted octanol–water partition coefficient (Wildman–Crippen LogP) is 2.16. The highest BCUT2D eigenvalue weighted by Crippen LogP contribution is 2.34. The minimum absolute atomic E-state index is 0.0511. The molecule has 0 aliphatic carbocycles. The van der Waals surface area contributed by atoms with Crippen molar-refractivity contribution >= 4 is 17.5 Å². The van der Waals surface area contributed by atoms with Crippen LogP contribution in [0, 0.1) is 17.2 Å². The highest BCUT2D eigenvalue weighted by atomic mass is 16.5. The second kappa shape index (κ2) is 8.96. The third kappa shape index (κ3) is 3.80. The first-order valence-electron chi connectivity index (χ1n) is 12.5. The van der Waals surface area contributed by atoms with E-state index in [0.717, 1.165) is 24.0 Å². The summed E-state index contributed by atoms with van der Waals surface area (Å²) in [6.07, 6.45) is 10.2. The summed E-state index contributed by atoms with van der Waals surface area (Å²) < 4.78 is 9.16. The average Bonchev–Trinajstić information content (AvgIpc) is 3.65. The summed E-state index contributed by atoms with van der Waals surface area (Å²) in [5.41, 5.74) is 2.93. The molecule has 3 fully saturated rings. The molecule has 0 saturated carbocycles. The van der Waals surface area contributed by atoms with Crippen LogP contribution in [0.25, 0.3) is 16.6 Å². The molecule has 11 heteroatoms. The number of nitrogens with zero attached hydrogens (tertiary/aromatic N) is 8. The van der Waals surface area contributed by atoms with Crippen LogP contribution >= 0.6 is 0 Å². The highest BCUT2D eigenvalue weighted by Gasteiger charge is 2.49. The monoisotopic (exact) mass is 500 g/mol. The molecule has 3 aliphatic rings. The number of amides is 3. The molecule has 190 valence electrons. The van der Waals surface area contributed by atoms with Crippen molar-refractivity contribution in [2.45, 2.75) is 24.9 Å². The Morgan fingerprint density at radius 1 is 1.11 bits per heavy atom. The molecule has 0 bridgehead atoms. The molecule has 0 unspecified atom stereocenters. The lowest BCUT2D eigenvalue weighted by molar-refractivity contribution is -0.135. The van der Waals surface area contributed by atoms with E-state index in [1.165, 1.54) is 12.3 Å². The largest absolute Gasteiger partial charge is 0.494 e. The van der Waals surface area contributed by atoms with E-state index in [1.807, 2.05) is 44.0 Å². The molecule has 37 heavy (non-hydrogen) atoms. The Kier molecular flexibility index (Phi) is 5.59. The number of piperidine rings is 1. The van der Waals surface area contributed by atoms with E-state index in [0.29, 0.717) is 55.5 Å². The molecule has 3 aliphatic heterocycles. The number of rotatable bonds is 4. The maximum absolute atomic E-state index is 13.2. The minimum atomic E-state index is -0.0511. The van der Waals surface area contributed by atoms with Crippen LogP contribution in [0.1, 0.15) is 24.4 Å². The van der Waals surface area contributed by atoms with Crippen LogP contribution in [0.5, 0.6) is 5.75 Å². The lowest BCUT2D eigenvalue weighted by Gasteiger charge is -2.42. The SMILES string of the molecule is C=CC(=O)N1C[C@H]2CN(C(=O)N3CCC(n4cc(-c5cc(OC)c6c(C#N)cnn6c5)cn4)CC3)C[C@H]21. The van der Waals surface area contributed by atoms with Crippen molar-refractivity contribution in [1.82, 2.24) is 34.1 Å². The summed E-state index contributed by atoms with van der Waals surface area (Å²) in [5.74, 6) is 0.905. The molecular formula is C26H28N8O3. The zero-order chi connectivity index (χ0) is 25.7. The molecular weight excluding hydrogens is 472 g/mol. The van der Waals surface area contributed by atoms with Crippen molar-refractivity contribution < 1.29 is 14.3 Å². The number of hydrogen-bond acceptors (Lipinski definition) is 6. The van der Waals surface area contributed by atoms with Crippen molar-refractivity contribution in [3.63, 3.8) is 0 Å². The van der Waals surface area contributed by atoms with E-state index in [4.69, 9.17) is 4.74 Å². The van der Waals surface area contributed by atoms with Gasteiger partial charge in [0.05, 0.1) is 31.6 Å². The van der Waals surface area contributed by atoms with Gasteiger partial charge in [-0.05, 0) is 25.0 Å². The van der Waals surface area contributed by atoms with Gasteiger partial charge in [-0.15, -0.1) is 0 Å². The Hall–Kier alpha value is -4.33. The molecule has 3 aromatic heterocycles. The van der Waals surface area contributed by atoms with Gasteiger partial charge in [-0.3, -0.25) is 9.48 Å². The average molecular weight is 501 g/mol. The van der Waals surface area contributed by atoms with Crippen molar-refractivity contribution in [3.05, 3.63) is 49.1 Å². The normalized spacial score (nSPS) is 21.5. The third-order valence-electron chi connectivity index (χ3n) is 7.93. The fourth-order valence-corrected chi connectivity index (χ4v) is 5.85. The van der Waals surface area contributed by atoms with Gasteiger partial charge in [0, 0.05) is 62.2 Å². The van der Waals surface area contributed by atoms with Gasteiger partial charge in [0.15, 0.2) is 0 Å². The van der Waals surface area contributed by atoms with E-state index in [2.05, 4.69) is 22.8 Å². The van der Waals surface area contributed by atoms with E-state index in [-0.39, 0.29) is 24.0 Å². The summed E-state index contributed by atoms with van der Waals surface area (Å²) in [6.45, 7) is 6.94. The Morgan fingerprint density at radius 3 is 2.65 bits per heavy atom. The van der Waals surface area contributed by atoms with Crippen LogP contribution in [0.3, 0.4) is 0 Å². The molecule has 0 spiro atoms. The van der Waals surface area contributed by atoms with Gasteiger partial charge in [-0.1, -0.05) is 6.58 Å². The van der Waals surface area contributed by atoms with E-state index in [1.54, 1.807) is 11.6 Å². The van der Waals surface area contributed by atoms with Crippen molar-refractivity contribution in [3.8, 4) is 22.9 Å². The minimum Gasteiger partial charge on any atom is -0.494 e. The number of ether oxygens (including phenoxy) is 1. The van der Waals surface area contributed by atoms with Gasteiger partial charge in [-0.2, -0.15) is 15.5 Å². The molecule has 0 N–H and O–H groups in total. The third-order valence-corrected chi connectivity index (χ3v) is 7.93. The number of likely N-dealkylation sites (tertiary alicyclic amines) is 3. The molecule has 3 amide bonds. The zero-order valence-corrected chi connectivity index (χ0v) is 20.7. The Labute approximate surface area is 214 Å². The lowest BCUT2D eigenvalue weighted by atomic mass is 9.92. The van der Waals surface area contributed by atoms with Crippen LogP contribution in [0.15, 0.2) is 43.5 Å².